The standard InChI is InChI=1S/C14H17N5O2/c1-8-12-13(18(2)17-8)19(14(15)16-12)10-7-9(20-3)5-6-11(10)21-4/h5-7H,1-4H3,(H2,15,16). The topological polar surface area (TPSA) is 80.1 Å². The molecule has 3 rings (SSSR count). The number of anilines is 1. The second-order valence-electron chi connectivity index (χ2n) is 4.72. The lowest BCUT2D eigenvalue weighted by Crippen LogP contribution is -2.06. The van der Waals surface area contributed by atoms with Crippen LogP contribution in [-0.4, -0.2) is 33.6 Å². The van der Waals surface area contributed by atoms with Crippen LogP contribution < -0.4 is 15.2 Å². The molecule has 0 aliphatic carbocycles. The van der Waals surface area contributed by atoms with Crippen molar-refractivity contribution < 1.29 is 9.47 Å². The zero-order valence-electron chi connectivity index (χ0n) is 12.4. The summed E-state index contributed by atoms with van der Waals surface area (Å²) in [5.41, 5.74) is 9.29. The fourth-order valence-electron chi connectivity index (χ4n) is 2.50. The fraction of sp³-hybridized carbons (Fsp3) is 0.286. The van der Waals surface area contributed by atoms with E-state index in [1.54, 1.807) is 18.9 Å². The molecule has 110 valence electrons. The molecule has 2 N–H and O–H groups in total. The summed E-state index contributed by atoms with van der Waals surface area (Å²) < 4.78 is 14.3. The number of aromatic nitrogens is 4. The van der Waals surface area contributed by atoms with Crippen LogP contribution in [0.4, 0.5) is 5.95 Å². The molecule has 0 amide bonds. The van der Waals surface area contributed by atoms with Crippen LogP contribution in [0.1, 0.15) is 5.69 Å². The van der Waals surface area contributed by atoms with Crippen molar-refractivity contribution in [3.05, 3.63) is 23.9 Å². The average Bonchev–Trinajstić information content (AvgIpc) is 2.95. The van der Waals surface area contributed by atoms with Gasteiger partial charge in [0.05, 0.1) is 25.6 Å². The van der Waals surface area contributed by atoms with E-state index in [0.29, 0.717) is 17.4 Å². The van der Waals surface area contributed by atoms with Crippen molar-refractivity contribution in [2.45, 2.75) is 6.92 Å². The molecule has 21 heavy (non-hydrogen) atoms. The maximum absolute atomic E-state index is 6.10. The van der Waals surface area contributed by atoms with E-state index in [1.807, 2.05) is 36.7 Å². The van der Waals surface area contributed by atoms with E-state index in [1.165, 1.54) is 0 Å². The maximum atomic E-state index is 6.10. The molecule has 0 aliphatic heterocycles. The first-order chi connectivity index (χ1) is 10.1. The maximum Gasteiger partial charge on any atom is 0.207 e. The van der Waals surface area contributed by atoms with Crippen molar-refractivity contribution >= 4 is 17.1 Å². The Labute approximate surface area is 121 Å². The molecule has 3 aromatic rings. The van der Waals surface area contributed by atoms with E-state index < -0.39 is 0 Å². The van der Waals surface area contributed by atoms with Crippen LogP contribution in [0.2, 0.25) is 0 Å². The number of nitrogens with zero attached hydrogens (tertiary/aromatic N) is 4. The summed E-state index contributed by atoms with van der Waals surface area (Å²) in [6.45, 7) is 1.90. The van der Waals surface area contributed by atoms with Crippen LogP contribution in [0, 0.1) is 6.92 Å². The number of rotatable bonds is 3. The van der Waals surface area contributed by atoms with Crippen LogP contribution in [0.15, 0.2) is 18.2 Å². The highest BCUT2D eigenvalue weighted by molar-refractivity contribution is 5.81. The van der Waals surface area contributed by atoms with Gasteiger partial charge in [-0.3, -0.25) is 4.57 Å². The van der Waals surface area contributed by atoms with Crippen LogP contribution in [0.25, 0.3) is 16.9 Å². The monoisotopic (exact) mass is 287 g/mol. The number of nitrogen functional groups attached to an aromatic ring is 1. The Bertz CT molecular complexity index is 818. The van der Waals surface area contributed by atoms with Gasteiger partial charge < -0.3 is 15.2 Å². The number of imidazole rings is 1. The van der Waals surface area contributed by atoms with Gasteiger partial charge in [0, 0.05) is 13.1 Å². The van der Waals surface area contributed by atoms with Gasteiger partial charge in [-0.2, -0.15) is 5.10 Å². The number of methoxy groups -OCH3 is 2. The molecule has 2 heterocycles. The van der Waals surface area contributed by atoms with Crippen molar-refractivity contribution in [3.8, 4) is 17.2 Å². The number of aryl methyl sites for hydroxylation is 2. The normalized spacial score (nSPS) is 11.0. The van der Waals surface area contributed by atoms with Crippen LogP contribution in [-0.2, 0) is 7.05 Å². The minimum atomic E-state index is 0.382. The van der Waals surface area contributed by atoms with E-state index in [0.717, 1.165) is 22.5 Å². The van der Waals surface area contributed by atoms with E-state index in [-0.39, 0.29) is 0 Å². The summed E-state index contributed by atoms with van der Waals surface area (Å²) in [6.07, 6.45) is 0. The molecule has 2 aromatic heterocycles. The van der Waals surface area contributed by atoms with Gasteiger partial charge in [-0.15, -0.1) is 0 Å². The number of fused-ring (bicyclic) bond motifs is 1. The van der Waals surface area contributed by atoms with Gasteiger partial charge in [-0.05, 0) is 19.1 Å². The second-order valence-corrected chi connectivity index (χ2v) is 4.72. The summed E-state index contributed by atoms with van der Waals surface area (Å²) in [5.74, 6) is 1.78. The molecule has 7 nitrogen and oxygen atoms in total. The number of nitrogens with two attached hydrogens (primary N) is 1. The Kier molecular flexibility index (Phi) is 2.97. The third-order valence-corrected chi connectivity index (χ3v) is 3.46. The summed E-state index contributed by atoms with van der Waals surface area (Å²) >= 11 is 0. The molecule has 0 aliphatic rings. The summed E-state index contributed by atoms with van der Waals surface area (Å²) in [5, 5.41) is 4.38. The van der Waals surface area contributed by atoms with Gasteiger partial charge in [0.25, 0.3) is 0 Å². The third kappa shape index (κ3) is 1.89. The van der Waals surface area contributed by atoms with Crippen LogP contribution >= 0.6 is 0 Å². The van der Waals surface area contributed by atoms with Crippen molar-refractivity contribution in [2.75, 3.05) is 20.0 Å². The molecule has 7 heteroatoms. The Balaban J connectivity index is 2.36. The molecule has 0 saturated carbocycles. The highest BCUT2D eigenvalue weighted by Gasteiger charge is 2.19. The Morgan fingerprint density at radius 2 is 1.95 bits per heavy atom. The average molecular weight is 287 g/mol. The molecule has 0 fully saturated rings. The van der Waals surface area contributed by atoms with Gasteiger partial charge in [0.1, 0.15) is 17.0 Å². The van der Waals surface area contributed by atoms with E-state index in [9.17, 15) is 0 Å². The number of hydrogen-bond donors (Lipinski definition) is 1. The minimum absolute atomic E-state index is 0.382. The zero-order chi connectivity index (χ0) is 15.1. The lowest BCUT2D eigenvalue weighted by Gasteiger charge is -2.13. The third-order valence-electron chi connectivity index (χ3n) is 3.46. The predicted octanol–water partition coefficient (Wildman–Crippen LogP) is 1.67. The Morgan fingerprint density at radius 1 is 1.19 bits per heavy atom. The molecule has 0 unspecified atom stereocenters. The molecule has 0 bridgehead atoms. The quantitative estimate of drug-likeness (QED) is 0.792. The van der Waals surface area contributed by atoms with E-state index in [2.05, 4.69) is 10.1 Å². The van der Waals surface area contributed by atoms with Crippen molar-refractivity contribution in [1.82, 2.24) is 19.3 Å². The van der Waals surface area contributed by atoms with Crippen molar-refractivity contribution in [3.63, 3.8) is 0 Å². The number of ether oxygens (including phenoxy) is 2. The van der Waals surface area contributed by atoms with Crippen LogP contribution in [0.5, 0.6) is 11.5 Å². The molecular weight excluding hydrogens is 270 g/mol. The van der Waals surface area contributed by atoms with E-state index in [4.69, 9.17) is 15.2 Å². The molecule has 1 aromatic carbocycles. The van der Waals surface area contributed by atoms with Crippen LogP contribution in [0.3, 0.4) is 0 Å². The molecule has 0 spiro atoms. The first-order valence-corrected chi connectivity index (χ1v) is 6.46. The first-order valence-electron chi connectivity index (χ1n) is 6.46. The molecule has 0 saturated heterocycles. The van der Waals surface area contributed by atoms with Gasteiger partial charge in [-0.25, -0.2) is 9.67 Å². The van der Waals surface area contributed by atoms with Crippen molar-refractivity contribution in [2.24, 2.45) is 7.05 Å². The number of hydrogen-bond acceptors (Lipinski definition) is 5. The second kappa shape index (κ2) is 4.69. The largest absolute Gasteiger partial charge is 0.497 e. The first kappa shape index (κ1) is 13.3. The highest BCUT2D eigenvalue weighted by atomic mass is 16.5. The predicted molar refractivity (Wildman–Crippen MR) is 80.1 cm³/mol. The Morgan fingerprint density at radius 3 is 2.62 bits per heavy atom. The molecule has 0 atom stereocenters. The highest BCUT2D eigenvalue weighted by Crippen LogP contribution is 2.32. The van der Waals surface area contributed by atoms with Gasteiger partial charge in [0.15, 0.2) is 5.65 Å². The lowest BCUT2D eigenvalue weighted by molar-refractivity contribution is 0.402. The van der Waals surface area contributed by atoms with Gasteiger partial charge in [0.2, 0.25) is 5.95 Å². The molecule has 0 radical (unpaired) electrons. The SMILES string of the molecule is COc1ccc(OC)c(-n2c(N)nc3c(C)nn(C)c32)c1. The lowest BCUT2D eigenvalue weighted by atomic mass is 10.2. The summed E-state index contributed by atoms with van der Waals surface area (Å²) in [4.78, 5) is 4.40. The smallest absolute Gasteiger partial charge is 0.207 e. The van der Waals surface area contributed by atoms with Crippen molar-refractivity contribution in [1.29, 1.82) is 0 Å². The number of benzene rings is 1. The fourth-order valence-corrected chi connectivity index (χ4v) is 2.50. The molecular formula is C14H17N5O2. The Hall–Kier alpha value is -2.70. The van der Waals surface area contributed by atoms with Gasteiger partial charge in [-0.1, -0.05) is 0 Å². The minimum Gasteiger partial charge on any atom is -0.497 e. The summed E-state index contributed by atoms with van der Waals surface area (Å²) in [7, 11) is 5.09. The van der Waals surface area contributed by atoms with E-state index >= 15 is 0 Å². The van der Waals surface area contributed by atoms with Gasteiger partial charge >= 0.3 is 0 Å². The zero-order valence-corrected chi connectivity index (χ0v) is 12.4. The summed E-state index contributed by atoms with van der Waals surface area (Å²) in [6, 6.07) is 5.53.